The highest BCUT2D eigenvalue weighted by Crippen LogP contribution is 2.54. The Morgan fingerprint density at radius 3 is 2.38 bits per heavy atom. The molecule has 1 fully saturated rings. The van der Waals surface area contributed by atoms with Crippen molar-refractivity contribution < 1.29 is 9.90 Å². The van der Waals surface area contributed by atoms with Gasteiger partial charge >= 0.3 is 5.97 Å². The quantitative estimate of drug-likeness (QED) is 0.621. The van der Waals surface area contributed by atoms with E-state index in [1.807, 2.05) is 6.07 Å². The zero-order chi connectivity index (χ0) is 17.8. The molecule has 1 saturated carbocycles. The Morgan fingerprint density at radius 2 is 1.65 bits per heavy atom. The first-order chi connectivity index (χ1) is 12.6. The molecule has 2 aliphatic carbocycles. The molecule has 0 radical (unpaired) electrons. The zero-order valence-electron chi connectivity index (χ0n) is 15.0. The Hall–Kier alpha value is -2.61. The van der Waals surface area contributed by atoms with Gasteiger partial charge < -0.3 is 5.11 Å². The molecule has 0 saturated heterocycles. The van der Waals surface area contributed by atoms with E-state index in [1.54, 1.807) is 23.3 Å². The number of carboxylic acid groups (broad SMARTS) is 1. The minimum atomic E-state index is -0.877. The standard InChI is InChI=1S/C24H22O2/c1-2-14-12-22-18-6-7-19(11-18)23(22)13-21(14)17-5-3-16-10-20(24(25)26)8-4-15(16)9-17/h3-5,8-10,12-13,18-19H,2,6-7,11H2,1H3,(H,25,26). The molecule has 2 nitrogen and oxygen atoms in total. The lowest BCUT2D eigenvalue weighted by molar-refractivity contribution is 0.0697. The average Bonchev–Trinajstić information content (AvgIpc) is 3.28. The molecule has 3 aromatic carbocycles. The van der Waals surface area contributed by atoms with Crippen molar-refractivity contribution in [3.63, 3.8) is 0 Å². The zero-order valence-corrected chi connectivity index (χ0v) is 15.0. The number of rotatable bonds is 3. The van der Waals surface area contributed by atoms with Gasteiger partial charge in [0.25, 0.3) is 0 Å². The lowest BCUT2D eigenvalue weighted by Gasteiger charge is -2.19. The van der Waals surface area contributed by atoms with E-state index >= 15 is 0 Å². The van der Waals surface area contributed by atoms with Crippen LogP contribution in [0.3, 0.4) is 0 Å². The van der Waals surface area contributed by atoms with Crippen molar-refractivity contribution in [1.29, 1.82) is 0 Å². The number of fused-ring (bicyclic) bond motifs is 6. The van der Waals surface area contributed by atoms with Crippen LogP contribution >= 0.6 is 0 Å². The Labute approximate surface area is 153 Å². The molecule has 2 unspecified atom stereocenters. The molecule has 0 spiro atoms. The predicted molar refractivity (Wildman–Crippen MR) is 105 cm³/mol. The van der Waals surface area contributed by atoms with E-state index in [0.29, 0.717) is 5.56 Å². The van der Waals surface area contributed by atoms with Gasteiger partial charge in [-0.3, -0.25) is 0 Å². The highest BCUT2D eigenvalue weighted by atomic mass is 16.4. The molecule has 3 aromatic rings. The predicted octanol–water partition coefficient (Wildman–Crippen LogP) is 6.13. The van der Waals surface area contributed by atoms with Gasteiger partial charge in [-0.2, -0.15) is 0 Å². The van der Waals surface area contributed by atoms with Crippen LogP contribution < -0.4 is 0 Å². The molecule has 2 heteroatoms. The Bertz CT molecular complexity index is 1050. The first kappa shape index (κ1) is 15.6. The molecular weight excluding hydrogens is 320 g/mol. The first-order valence-corrected chi connectivity index (χ1v) is 9.58. The van der Waals surface area contributed by atoms with Gasteiger partial charge in [-0.05, 0) is 94.3 Å². The fourth-order valence-electron chi connectivity index (χ4n) is 5.04. The first-order valence-electron chi connectivity index (χ1n) is 9.58. The molecule has 0 heterocycles. The minimum Gasteiger partial charge on any atom is -0.478 e. The summed E-state index contributed by atoms with van der Waals surface area (Å²) in [6, 6.07) is 16.7. The average molecular weight is 342 g/mol. The van der Waals surface area contributed by atoms with Crippen LogP contribution in [-0.2, 0) is 6.42 Å². The molecule has 0 aliphatic heterocycles. The SMILES string of the molecule is CCc1cc2c(cc1-c1ccc3cc(C(=O)O)ccc3c1)C1CCC2C1. The number of hydrogen-bond donors (Lipinski definition) is 1. The highest BCUT2D eigenvalue weighted by molar-refractivity contribution is 5.96. The molecule has 0 amide bonds. The van der Waals surface area contributed by atoms with Crippen molar-refractivity contribution in [3.8, 4) is 11.1 Å². The van der Waals surface area contributed by atoms with Gasteiger partial charge in [0.15, 0.2) is 0 Å². The fraction of sp³-hybridized carbons (Fsp3) is 0.292. The molecule has 0 aromatic heterocycles. The van der Waals surface area contributed by atoms with Gasteiger partial charge in [0.2, 0.25) is 0 Å². The second-order valence-corrected chi connectivity index (χ2v) is 7.78. The van der Waals surface area contributed by atoms with Crippen molar-refractivity contribution in [2.75, 3.05) is 0 Å². The molecule has 130 valence electrons. The highest BCUT2D eigenvalue weighted by Gasteiger charge is 2.37. The van der Waals surface area contributed by atoms with Gasteiger partial charge in [0.1, 0.15) is 0 Å². The molecule has 2 atom stereocenters. The third-order valence-corrected chi connectivity index (χ3v) is 6.40. The van der Waals surface area contributed by atoms with Gasteiger partial charge in [-0.15, -0.1) is 0 Å². The summed E-state index contributed by atoms with van der Waals surface area (Å²) in [6.45, 7) is 2.23. The third-order valence-electron chi connectivity index (χ3n) is 6.40. The van der Waals surface area contributed by atoms with Crippen LogP contribution in [0.1, 0.15) is 65.1 Å². The molecule has 26 heavy (non-hydrogen) atoms. The number of carbonyl (C=O) groups is 1. The summed E-state index contributed by atoms with van der Waals surface area (Å²) >= 11 is 0. The number of benzene rings is 3. The van der Waals surface area contributed by atoms with Crippen molar-refractivity contribution in [1.82, 2.24) is 0 Å². The molecule has 2 aliphatic rings. The Morgan fingerprint density at radius 1 is 0.962 bits per heavy atom. The van der Waals surface area contributed by atoms with E-state index in [1.165, 1.54) is 36.0 Å². The second kappa shape index (κ2) is 5.70. The second-order valence-electron chi connectivity index (χ2n) is 7.78. The van der Waals surface area contributed by atoms with E-state index < -0.39 is 5.97 Å². The largest absolute Gasteiger partial charge is 0.478 e. The summed E-state index contributed by atoms with van der Waals surface area (Å²) in [4.78, 5) is 11.2. The van der Waals surface area contributed by atoms with E-state index in [9.17, 15) is 9.90 Å². The lowest BCUT2D eigenvalue weighted by atomic mass is 9.85. The Balaban J connectivity index is 1.64. The minimum absolute atomic E-state index is 0.341. The number of aryl methyl sites for hydroxylation is 1. The molecule has 1 N–H and O–H groups in total. The van der Waals surface area contributed by atoms with E-state index in [-0.39, 0.29) is 0 Å². The fourth-order valence-corrected chi connectivity index (χ4v) is 5.04. The van der Waals surface area contributed by atoms with Crippen molar-refractivity contribution in [2.24, 2.45) is 0 Å². The maximum absolute atomic E-state index is 11.2. The van der Waals surface area contributed by atoms with Crippen LogP contribution in [0.4, 0.5) is 0 Å². The maximum atomic E-state index is 11.2. The summed E-state index contributed by atoms with van der Waals surface area (Å²) in [5.74, 6) is 0.677. The molecule has 5 rings (SSSR count). The van der Waals surface area contributed by atoms with Crippen LogP contribution in [0.2, 0.25) is 0 Å². The Kier molecular flexibility index (Phi) is 3.43. The van der Waals surface area contributed by atoms with Gasteiger partial charge in [-0.25, -0.2) is 4.79 Å². The number of aromatic carboxylic acids is 1. The summed E-state index contributed by atoms with van der Waals surface area (Å²) in [5.41, 5.74) is 7.54. The van der Waals surface area contributed by atoms with Crippen molar-refractivity contribution in [3.05, 3.63) is 70.8 Å². The summed E-state index contributed by atoms with van der Waals surface area (Å²) in [5, 5.41) is 11.3. The number of carboxylic acids is 1. The van der Waals surface area contributed by atoms with Crippen LogP contribution in [-0.4, -0.2) is 11.1 Å². The monoisotopic (exact) mass is 342 g/mol. The van der Waals surface area contributed by atoms with Crippen molar-refractivity contribution >= 4 is 16.7 Å². The van der Waals surface area contributed by atoms with E-state index in [4.69, 9.17) is 0 Å². The van der Waals surface area contributed by atoms with E-state index in [0.717, 1.165) is 29.0 Å². The van der Waals surface area contributed by atoms with Gasteiger partial charge in [0.05, 0.1) is 5.56 Å². The summed E-state index contributed by atoms with van der Waals surface area (Å²) in [7, 11) is 0. The van der Waals surface area contributed by atoms with Crippen LogP contribution in [0.15, 0.2) is 48.5 Å². The van der Waals surface area contributed by atoms with Gasteiger partial charge in [-0.1, -0.05) is 37.3 Å². The van der Waals surface area contributed by atoms with Gasteiger partial charge in [0, 0.05) is 0 Å². The summed E-state index contributed by atoms with van der Waals surface area (Å²) < 4.78 is 0. The molecular formula is C24H22O2. The van der Waals surface area contributed by atoms with Crippen LogP contribution in [0.5, 0.6) is 0 Å². The lowest BCUT2D eigenvalue weighted by Crippen LogP contribution is -2.01. The topological polar surface area (TPSA) is 37.3 Å². The maximum Gasteiger partial charge on any atom is 0.335 e. The number of hydrogen-bond acceptors (Lipinski definition) is 1. The van der Waals surface area contributed by atoms with Crippen molar-refractivity contribution in [2.45, 2.75) is 44.4 Å². The van der Waals surface area contributed by atoms with Crippen LogP contribution in [0.25, 0.3) is 21.9 Å². The molecule has 2 bridgehead atoms. The smallest absolute Gasteiger partial charge is 0.335 e. The summed E-state index contributed by atoms with van der Waals surface area (Å²) in [6.07, 6.45) is 5.09. The van der Waals surface area contributed by atoms with Crippen LogP contribution in [0, 0.1) is 0 Å². The third kappa shape index (κ3) is 2.28. The van der Waals surface area contributed by atoms with E-state index in [2.05, 4.69) is 37.3 Å². The normalized spacial score (nSPS) is 20.5.